The van der Waals surface area contributed by atoms with Crippen LogP contribution >= 0.6 is 0 Å². The smallest absolute Gasteiger partial charge is 0.264 e. The number of benzene rings is 3. The molecule has 10 heteroatoms. The van der Waals surface area contributed by atoms with Crippen LogP contribution in [0, 0.1) is 5.82 Å². The number of rotatable bonds is 12. The van der Waals surface area contributed by atoms with E-state index in [9.17, 15) is 17.9 Å². The molecule has 2 N–H and O–H groups in total. The van der Waals surface area contributed by atoms with Gasteiger partial charge < -0.3 is 24.6 Å². The van der Waals surface area contributed by atoms with Crippen molar-refractivity contribution in [3.05, 3.63) is 77.6 Å². The first-order chi connectivity index (χ1) is 18.3. The van der Waals surface area contributed by atoms with Gasteiger partial charge in [-0.1, -0.05) is 6.07 Å². The average molecular weight is 545 g/mol. The van der Waals surface area contributed by atoms with Crippen LogP contribution in [0.15, 0.2) is 65.6 Å². The Morgan fingerprint density at radius 2 is 1.79 bits per heavy atom. The summed E-state index contributed by atoms with van der Waals surface area (Å²) in [5.74, 6) is 1.44. The molecule has 0 radical (unpaired) electrons. The Morgan fingerprint density at radius 1 is 1.03 bits per heavy atom. The number of nitrogens with zero attached hydrogens (tertiary/aromatic N) is 1. The Balaban J connectivity index is 1.28. The number of anilines is 1. The molecule has 0 saturated carbocycles. The molecule has 1 aliphatic heterocycles. The minimum Gasteiger partial charge on any atom is -0.493 e. The number of nitrogens with one attached hydrogen (secondary N) is 1. The molecule has 0 amide bonds. The van der Waals surface area contributed by atoms with Crippen molar-refractivity contribution in [2.24, 2.45) is 0 Å². The lowest BCUT2D eigenvalue weighted by atomic mass is 10.0. The van der Waals surface area contributed by atoms with Gasteiger partial charge in [0.05, 0.1) is 24.8 Å². The van der Waals surface area contributed by atoms with Crippen molar-refractivity contribution in [3.63, 3.8) is 0 Å². The molecule has 8 nitrogen and oxygen atoms in total. The zero-order valence-electron chi connectivity index (χ0n) is 21.5. The van der Waals surface area contributed by atoms with Crippen molar-refractivity contribution in [3.8, 4) is 17.2 Å². The minimum atomic E-state index is -3.81. The molecule has 3 aromatic rings. The fourth-order valence-electron chi connectivity index (χ4n) is 4.40. The highest BCUT2D eigenvalue weighted by molar-refractivity contribution is 7.92. The van der Waals surface area contributed by atoms with Crippen molar-refractivity contribution < 1.29 is 32.1 Å². The number of fused-ring (bicyclic) bond motifs is 1. The zero-order chi connectivity index (χ0) is 27.1. The number of halogens is 1. The molecule has 0 bridgehead atoms. The lowest BCUT2D eigenvalue weighted by Crippen LogP contribution is -2.35. The summed E-state index contributed by atoms with van der Waals surface area (Å²) in [7, 11) is -0.606. The van der Waals surface area contributed by atoms with Gasteiger partial charge in [-0.05, 0) is 91.5 Å². The van der Waals surface area contributed by atoms with E-state index in [1.807, 2.05) is 24.3 Å². The summed E-state index contributed by atoms with van der Waals surface area (Å²) in [6.45, 7) is 1.48. The number of methoxy groups -OCH3 is 2. The topological polar surface area (TPSA) is 97.3 Å². The number of aryl methyl sites for hydroxylation is 1. The van der Waals surface area contributed by atoms with Crippen LogP contribution in [0.5, 0.6) is 17.2 Å². The molecule has 0 aliphatic carbocycles. The standard InChI is InChI=1S/C28H33FN2O6S/c1-35-27-12-5-20(16-28(27)36-2)13-14-30-18-23(32)19-37-24-8-11-26-21(17-24)4-3-15-31(26)38(33,34)25-9-6-22(29)7-10-25/h5-12,16-17,23,30,32H,3-4,13-15,18-19H2,1-2H3. The van der Waals surface area contributed by atoms with E-state index in [1.54, 1.807) is 26.4 Å². The van der Waals surface area contributed by atoms with E-state index in [0.29, 0.717) is 55.4 Å². The van der Waals surface area contributed by atoms with Gasteiger partial charge >= 0.3 is 0 Å². The third kappa shape index (κ3) is 6.56. The maximum absolute atomic E-state index is 13.3. The summed E-state index contributed by atoms with van der Waals surface area (Å²) >= 11 is 0. The quantitative estimate of drug-likeness (QED) is 0.337. The Morgan fingerprint density at radius 3 is 2.53 bits per heavy atom. The number of hydrogen-bond donors (Lipinski definition) is 2. The third-order valence-corrected chi connectivity index (χ3v) is 8.22. The van der Waals surface area contributed by atoms with Gasteiger partial charge in [-0.15, -0.1) is 0 Å². The molecular formula is C28H33FN2O6S. The first-order valence-corrected chi connectivity index (χ1v) is 13.9. The van der Waals surface area contributed by atoms with Crippen molar-refractivity contribution in [1.29, 1.82) is 0 Å². The van der Waals surface area contributed by atoms with E-state index in [0.717, 1.165) is 29.7 Å². The van der Waals surface area contributed by atoms with Crippen LogP contribution in [0.25, 0.3) is 0 Å². The van der Waals surface area contributed by atoms with Gasteiger partial charge in [-0.2, -0.15) is 0 Å². The number of hydrogen-bond acceptors (Lipinski definition) is 7. The van der Waals surface area contributed by atoms with Gasteiger partial charge in [0.2, 0.25) is 0 Å². The maximum Gasteiger partial charge on any atom is 0.264 e. The highest BCUT2D eigenvalue weighted by atomic mass is 32.2. The molecule has 204 valence electrons. The van der Waals surface area contributed by atoms with Gasteiger partial charge in [0.15, 0.2) is 11.5 Å². The normalized spacial score (nSPS) is 14.1. The fourth-order valence-corrected chi connectivity index (χ4v) is 5.94. The summed E-state index contributed by atoms with van der Waals surface area (Å²) in [4.78, 5) is 0.0498. The number of aliphatic hydroxyl groups is 1. The van der Waals surface area contributed by atoms with Gasteiger partial charge in [-0.3, -0.25) is 4.31 Å². The molecule has 4 rings (SSSR count). The van der Waals surface area contributed by atoms with E-state index in [4.69, 9.17) is 14.2 Å². The van der Waals surface area contributed by atoms with E-state index in [2.05, 4.69) is 5.32 Å². The molecule has 1 atom stereocenters. The summed E-state index contributed by atoms with van der Waals surface area (Å²) in [5, 5.41) is 13.6. The number of ether oxygens (including phenoxy) is 3. The van der Waals surface area contributed by atoms with Gasteiger partial charge in [0.1, 0.15) is 24.3 Å². The summed E-state index contributed by atoms with van der Waals surface area (Å²) in [6, 6.07) is 15.9. The molecule has 3 aromatic carbocycles. The summed E-state index contributed by atoms with van der Waals surface area (Å²) in [5.41, 5.74) is 2.53. The van der Waals surface area contributed by atoms with E-state index in [-0.39, 0.29) is 11.5 Å². The molecule has 0 fully saturated rings. The van der Waals surface area contributed by atoms with Crippen LogP contribution in [0.2, 0.25) is 0 Å². The van der Waals surface area contributed by atoms with E-state index < -0.39 is 21.9 Å². The molecule has 0 spiro atoms. The van der Waals surface area contributed by atoms with Crippen LogP contribution in [-0.4, -0.2) is 60.1 Å². The van der Waals surface area contributed by atoms with Crippen molar-refractivity contribution in [2.75, 3.05) is 44.8 Å². The van der Waals surface area contributed by atoms with Crippen molar-refractivity contribution in [1.82, 2.24) is 5.32 Å². The Labute approximate surface area is 223 Å². The largest absolute Gasteiger partial charge is 0.493 e. The third-order valence-electron chi connectivity index (χ3n) is 6.39. The highest BCUT2D eigenvalue weighted by Gasteiger charge is 2.29. The predicted molar refractivity (Wildman–Crippen MR) is 143 cm³/mol. The van der Waals surface area contributed by atoms with Crippen LogP contribution in [0.4, 0.5) is 10.1 Å². The van der Waals surface area contributed by atoms with Crippen molar-refractivity contribution in [2.45, 2.75) is 30.3 Å². The second kappa shape index (κ2) is 12.5. The van der Waals surface area contributed by atoms with Gasteiger partial charge in [0.25, 0.3) is 10.0 Å². The Bertz CT molecular complexity index is 1330. The average Bonchev–Trinajstić information content (AvgIpc) is 2.93. The minimum absolute atomic E-state index is 0.0498. The SMILES string of the molecule is COc1ccc(CCNCC(O)COc2ccc3c(c2)CCCN3S(=O)(=O)c2ccc(F)cc2)cc1OC. The maximum atomic E-state index is 13.3. The van der Waals surface area contributed by atoms with Crippen LogP contribution < -0.4 is 23.8 Å². The summed E-state index contributed by atoms with van der Waals surface area (Å²) in [6.07, 6.45) is 1.41. The van der Waals surface area contributed by atoms with Crippen LogP contribution in [-0.2, 0) is 22.9 Å². The molecule has 0 aromatic heterocycles. The van der Waals surface area contributed by atoms with Crippen molar-refractivity contribution >= 4 is 15.7 Å². The lowest BCUT2D eigenvalue weighted by molar-refractivity contribution is 0.106. The first kappa shape index (κ1) is 27.7. The lowest BCUT2D eigenvalue weighted by Gasteiger charge is -2.30. The molecule has 1 aliphatic rings. The first-order valence-electron chi connectivity index (χ1n) is 12.5. The molecular weight excluding hydrogens is 511 g/mol. The Kier molecular flexibility index (Phi) is 9.09. The van der Waals surface area contributed by atoms with Gasteiger partial charge in [-0.25, -0.2) is 12.8 Å². The molecule has 0 saturated heterocycles. The monoisotopic (exact) mass is 544 g/mol. The molecule has 1 unspecified atom stereocenters. The fraction of sp³-hybridized carbons (Fsp3) is 0.357. The van der Waals surface area contributed by atoms with E-state index in [1.165, 1.54) is 16.4 Å². The second-order valence-electron chi connectivity index (χ2n) is 9.03. The predicted octanol–water partition coefficient (Wildman–Crippen LogP) is 3.56. The highest BCUT2D eigenvalue weighted by Crippen LogP contribution is 2.34. The summed E-state index contributed by atoms with van der Waals surface area (Å²) < 4.78 is 57.3. The molecule has 38 heavy (non-hydrogen) atoms. The number of sulfonamides is 1. The zero-order valence-corrected chi connectivity index (χ0v) is 22.3. The second-order valence-corrected chi connectivity index (χ2v) is 10.9. The Hall–Kier alpha value is -3.34. The van der Waals surface area contributed by atoms with Crippen LogP contribution in [0.3, 0.4) is 0 Å². The van der Waals surface area contributed by atoms with Gasteiger partial charge in [0, 0.05) is 13.1 Å². The number of aliphatic hydroxyl groups excluding tert-OH is 1. The van der Waals surface area contributed by atoms with Crippen LogP contribution in [0.1, 0.15) is 17.5 Å². The molecule has 1 heterocycles. The van der Waals surface area contributed by atoms with E-state index >= 15 is 0 Å².